The number of hydrogen-bond acceptors (Lipinski definition) is 4. The number of ether oxygens (including phenoxy) is 1. The Morgan fingerprint density at radius 1 is 0.960 bits per heavy atom. The molecule has 0 saturated carbocycles. The number of rotatable bonds is 8. The first-order chi connectivity index (χ1) is 12.3. The monoisotopic (exact) mass is 332 g/mol. The fourth-order valence-electron chi connectivity index (χ4n) is 2.63. The molecule has 0 aliphatic rings. The minimum absolute atomic E-state index is 0.544. The van der Waals surface area contributed by atoms with Crippen LogP contribution in [0.4, 0.5) is 0 Å². The first kappa shape index (κ1) is 16.8. The summed E-state index contributed by atoms with van der Waals surface area (Å²) in [4.78, 5) is 2.28. The van der Waals surface area contributed by atoms with E-state index in [1.165, 1.54) is 5.56 Å². The zero-order valence-corrected chi connectivity index (χ0v) is 14.0. The van der Waals surface area contributed by atoms with Gasteiger partial charge in [-0.2, -0.15) is 5.26 Å². The highest BCUT2D eigenvalue weighted by molar-refractivity contribution is 5.36. The van der Waals surface area contributed by atoms with Gasteiger partial charge in [-0.05, 0) is 35.9 Å². The molecular weight excluding hydrogens is 312 g/mol. The lowest BCUT2D eigenvalue weighted by Gasteiger charge is -2.21. The summed E-state index contributed by atoms with van der Waals surface area (Å²) in [7, 11) is 0. The van der Waals surface area contributed by atoms with Crippen molar-refractivity contribution in [3.63, 3.8) is 0 Å². The van der Waals surface area contributed by atoms with Gasteiger partial charge in [-0.15, -0.1) is 0 Å². The standard InChI is InChI=1S/C21H20N2O2/c22-15-19-8-4-9-20(14-19)25-13-11-23(17-21-10-5-12-24-21)16-18-6-2-1-3-7-18/h1-10,12,14H,11,13,16-17H2. The molecule has 0 atom stereocenters. The van der Waals surface area contributed by atoms with Gasteiger partial charge in [0.05, 0.1) is 24.4 Å². The summed E-state index contributed by atoms with van der Waals surface area (Å²) in [5, 5.41) is 8.96. The first-order valence-corrected chi connectivity index (χ1v) is 8.25. The molecule has 4 nitrogen and oxygen atoms in total. The molecule has 0 aliphatic heterocycles. The van der Waals surface area contributed by atoms with Gasteiger partial charge in [0.1, 0.15) is 18.1 Å². The summed E-state index contributed by atoms with van der Waals surface area (Å²) in [6.45, 7) is 2.85. The van der Waals surface area contributed by atoms with E-state index < -0.39 is 0 Å². The average molecular weight is 332 g/mol. The summed E-state index contributed by atoms with van der Waals surface area (Å²) in [6, 6.07) is 23.6. The van der Waals surface area contributed by atoms with Crippen molar-refractivity contribution in [1.29, 1.82) is 5.26 Å². The van der Waals surface area contributed by atoms with Crippen molar-refractivity contribution < 1.29 is 9.15 Å². The molecule has 3 aromatic rings. The van der Waals surface area contributed by atoms with E-state index in [-0.39, 0.29) is 0 Å². The molecule has 1 aromatic heterocycles. The van der Waals surface area contributed by atoms with Crippen LogP contribution in [0.15, 0.2) is 77.4 Å². The third-order valence-electron chi connectivity index (χ3n) is 3.85. The minimum Gasteiger partial charge on any atom is -0.492 e. The fourth-order valence-corrected chi connectivity index (χ4v) is 2.63. The molecule has 1 heterocycles. The van der Waals surface area contributed by atoms with E-state index in [2.05, 4.69) is 23.1 Å². The third-order valence-corrected chi connectivity index (χ3v) is 3.85. The van der Waals surface area contributed by atoms with Crippen LogP contribution in [0.3, 0.4) is 0 Å². The van der Waals surface area contributed by atoms with Crippen molar-refractivity contribution in [2.24, 2.45) is 0 Å². The van der Waals surface area contributed by atoms with Crippen molar-refractivity contribution >= 4 is 0 Å². The van der Waals surface area contributed by atoms with Gasteiger partial charge < -0.3 is 9.15 Å². The number of hydrogen-bond donors (Lipinski definition) is 0. The lowest BCUT2D eigenvalue weighted by atomic mass is 10.2. The second-order valence-electron chi connectivity index (χ2n) is 5.76. The van der Waals surface area contributed by atoms with E-state index in [0.29, 0.717) is 12.2 Å². The van der Waals surface area contributed by atoms with Crippen molar-refractivity contribution in [3.8, 4) is 11.8 Å². The van der Waals surface area contributed by atoms with E-state index in [4.69, 9.17) is 14.4 Å². The van der Waals surface area contributed by atoms with Crippen LogP contribution in [0.1, 0.15) is 16.9 Å². The topological polar surface area (TPSA) is 49.4 Å². The van der Waals surface area contributed by atoms with Crippen LogP contribution < -0.4 is 4.74 Å². The largest absolute Gasteiger partial charge is 0.492 e. The van der Waals surface area contributed by atoms with Gasteiger partial charge in [0.25, 0.3) is 0 Å². The molecule has 0 radical (unpaired) electrons. The Morgan fingerprint density at radius 3 is 2.60 bits per heavy atom. The highest BCUT2D eigenvalue weighted by atomic mass is 16.5. The van der Waals surface area contributed by atoms with E-state index in [0.717, 1.165) is 31.1 Å². The molecule has 4 heteroatoms. The zero-order chi connectivity index (χ0) is 17.3. The van der Waals surface area contributed by atoms with Crippen LogP contribution in [0, 0.1) is 11.3 Å². The Labute approximate surface area is 147 Å². The van der Waals surface area contributed by atoms with E-state index in [1.54, 1.807) is 18.4 Å². The van der Waals surface area contributed by atoms with Crippen LogP contribution in [0.25, 0.3) is 0 Å². The van der Waals surface area contributed by atoms with Gasteiger partial charge in [-0.1, -0.05) is 36.4 Å². The van der Waals surface area contributed by atoms with Crippen LogP contribution in [0.2, 0.25) is 0 Å². The smallest absolute Gasteiger partial charge is 0.120 e. The fraction of sp³-hybridized carbons (Fsp3) is 0.190. The second-order valence-corrected chi connectivity index (χ2v) is 5.76. The summed E-state index contributed by atoms with van der Waals surface area (Å²) in [6.07, 6.45) is 1.69. The van der Waals surface area contributed by atoms with Gasteiger partial charge in [-0.25, -0.2) is 0 Å². The number of nitrogens with zero attached hydrogens (tertiary/aromatic N) is 2. The Morgan fingerprint density at radius 2 is 1.84 bits per heavy atom. The van der Waals surface area contributed by atoms with Crippen molar-refractivity contribution in [2.75, 3.05) is 13.2 Å². The Kier molecular flexibility index (Phi) is 5.86. The van der Waals surface area contributed by atoms with Crippen molar-refractivity contribution in [2.45, 2.75) is 13.1 Å². The molecule has 3 rings (SSSR count). The Hall–Kier alpha value is -3.03. The molecule has 0 saturated heterocycles. The predicted molar refractivity (Wildman–Crippen MR) is 95.9 cm³/mol. The first-order valence-electron chi connectivity index (χ1n) is 8.25. The van der Waals surface area contributed by atoms with Gasteiger partial charge in [0.2, 0.25) is 0 Å². The van der Waals surface area contributed by atoms with Crippen LogP contribution in [-0.2, 0) is 13.1 Å². The molecule has 0 unspecified atom stereocenters. The van der Waals surface area contributed by atoms with Gasteiger partial charge in [-0.3, -0.25) is 4.90 Å². The predicted octanol–water partition coefficient (Wildman–Crippen LogP) is 4.23. The van der Waals surface area contributed by atoms with Crippen LogP contribution in [-0.4, -0.2) is 18.1 Å². The number of nitriles is 1. The number of benzene rings is 2. The zero-order valence-electron chi connectivity index (χ0n) is 14.0. The van der Waals surface area contributed by atoms with Crippen molar-refractivity contribution in [3.05, 3.63) is 89.9 Å². The highest BCUT2D eigenvalue weighted by Crippen LogP contribution is 2.14. The molecule has 0 bridgehead atoms. The second kappa shape index (κ2) is 8.72. The molecule has 0 aliphatic carbocycles. The molecule has 126 valence electrons. The van der Waals surface area contributed by atoms with E-state index in [9.17, 15) is 0 Å². The maximum atomic E-state index is 8.96. The molecular formula is C21H20N2O2. The number of furan rings is 1. The summed E-state index contributed by atoms with van der Waals surface area (Å²) in [5.41, 5.74) is 1.86. The van der Waals surface area contributed by atoms with Gasteiger partial charge in [0.15, 0.2) is 0 Å². The van der Waals surface area contributed by atoms with Gasteiger partial charge in [0, 0.05) is 13.1 Å². The minimum atomic E-state index is 0.544. The van der Waals surface area contributed by atoms with Crippen LogP contribution in [0.5, 0.6) is 5.75 Å². The molecule has 0 fully saturated rings. The van der Waals surface area contributed by atoms with Crippen LogP contribution >= 0.6 is 0 Å². The molecule has 0 spiro atoms. The SMILES string of the molecule is N#Cc1cccc(OCCN(Cc2ccccc2)Cc2ccco2)c1. The van der Waals surface area contributed by atoms with E-state index in [1.807, 2.05) is 42.5 Å². The molecule has 2 aromatic carbocycles. The van der Waals surface area contributed by atoms with E-state index >= 15 is 0 Å². The molecule has 0 N–H and O–H groups in total. The van der Waals surface area contributed by atoms with Gasteiger partial charge >= 0.3 is 0 Å². The highest BCUT2D eigenvalue weighted by Gasteiger charge is 2.09. The normalized spacial score (nSPS) is 10.6. The summed E-state index contributed by atoms with van der Waals surface area (Å²) >= 11 is 0. The molecule has 25 heavy (non-hydrogen) atoms. The maximum Gasteiger partial charge on any atom is 0.120 e. The van der Waals surface area contributed by atoms with Crippen molar-refractivity contribution in [1.82, 2.24) is 4.90 Å². The maximum absolute atomic E-state index is 8.96. The summed E-state index contributed by atoms with van der Waals surface area (Å²) < 4.78 is 11.3. The average Bonchev–Trinajstić information content (AvgIpc) is 3.16. The lowest BCUT2D eigenvalue weighted by Crippen LogP contribution is -2.27. The Balaban J connectivity index is 1.59. The third kappa shape index (κ3) is 5.23. The quantitative estimate of drug-likeness (QED) is 0.619. The Bertz CT molecular complexity index is 807. The molecule has 0 amide bonds. The summed E-state index contributed by atoms with van der Waals surface area (Å²) in [5.74, 6) is 1.65. The lowest BCUT2D eigenvalue weighted by molar-refractivity contribution is 0.185.